The van der Waals surface area contributed by atoms with Gasteiger partial charge in [-0.2, -0.15) is 0 Å². The molecule has 2 atom stereocenters. The van der Waals surface area contributed by atoms with Crippen molar-refractivity contribution < 1.29 is 4.79 Å². The molecule has 1 fully saturated rings. The van der Waals surface area contributed by atoms with Gasteiger partial charge in [-0.05, 0) is 17.5 Å². The molecule has 102 valence electrons. The summed E-state index contributed by atoms with van der Waals surface area (Å²) >= 11 is 0. The smallest absolute Gasteiger partial charge is 0.241 e. The number of nitrogens with zero attached hydrogens (tertiary/aromatic N) is 1. The van der Waals surface area contributed by atoms with Crippen molar-refractivity contribution in [3.8, 4) is 0 Å². The Kier molecular flexibility index (Phi) is 3.52. The van der Waals surface area contributed by atoms with Crippen molar-refractivity contribution >= 4 is 5.91 Å². The summed E-state index contributed by atoms with van der Waals surface area (Å²) in [5.74, 6) is 0.155. The number of carbonyl (C=O) groups is 1. The van der Waals surface area contributed by atoms with Gasteiger partial charge in [-0.25, -0.2) is 0 Å². The summed E-state index contributed by atoms with van der Waals surface area (Å²) in [4.78, 5) is 14.2. The number of rotatable bonds is 3. The van der Waals surface area contributed by atoms with Crippen LogP contribution in [0.15, 0.2) is 60.7 Å². The molecule has 20 heavy (non-hydrogen) atoms. The average Bonchev–Trinajstić information content (AvgIpc) is 2.78. The summed E-state index contributed by atoms with van der Waals surface area (Å²) in [5, 5.41) is 3.43. The molecule has 2 aromatic carbocycles. The highest BCUT2D eigenvalue weighted by Gasteiger charge is 2.36. The molecule has 3 nitrogen and oxygen atoms in total. The van der Waals surface area contributed by atoms with Crippen molar-refractivity contribution in [2.75, 3.05) is 7.05 Å². The Bertz CT molecular complexity index is 582. The summed E-state index contributed by atoms with van der Waals surface area (Å²) in [6.45, 7) is 0. The number of hydrogen-bond acceptors (Lipinski definition) is 2. The van der Waals surface area contributed by atoms with Gasteiger partial charge in [0.25, 0.3) is 0 Å². The number of benzene rings is 2. The second kappa shape index (κ2) is 5.47. The van der Waals surface area contributed by atoms with Crippen LogP contribution in [0, 0.1) is 0 Å². The third-order valence-electron chi connectivity index (χ3n) is 3.79. The van der Waals surface area contributed by atoms with Gasteiger partial charge in [0, 0.05) is 7.05 Å². The van der Waals surface area contributed by atoms with Gasteiger partial charge in [0.2, 0.25) is 5.91 Å². The van der Waals surface area contributed by atoms with E-state index in [1.807, 2.05) is 55.6 Å². The zero-order valence-corrected chi connectivity index (χ0v) is 11.5. The van der Waals surface area contributed by atoms with Gasteiger partial charge in [-0.15, -0.1) is 0 Å². The molecule has 1 aliphatic heterocycles. The van der Waals surface area contributed by atoms with Crippen LogP contribution in [0.2, 0.25) is 0 Å². The molecule has 0 unspecified atom stereocenters. The Hall–Kier alpha value is -2.13. The first kappa shape index (κ1) is 12.9. The maximum atomic E-state index is 12.4. The second-order valence-corrected chi connectivity index (χ2v) is 5.17. The lowest BCUT2D eigenvalue weighted by molar-refractivity contribution is -0.128. The van der Waals surface area contributed by atoms with Gasteiger partial charge < -0.3 is 4.90 Å². The molecule has 0 aromatic heterocycles. The van der Waals surface area contributed by atoms with Crippen molar-refractivity contribution in [1.29, 1.82) is 0 Å². The highest BCUT2D eigenvalue weighted by molar-refractivity contribution is 5.84. The average molecular weight is 266 g/mol. The molecular weight excluding hydrogens is 248 g/mol. The van der Waals surface area contributed by atoms with Crippen LogP contribution in [-0.2, 0) is 11.2 Å². The fourth-order valence-electron chi connectivity index (χ4n) is 2.70. The molecule has 3 heteroatoms. The third-order valence-corrected chi connectivity index (χ3v) is 3.79. The van der Waals surface area contributed by atoms with Crippen LogP contribution in [0.4, 0.5) is 0 Å². The summed E-state index contributed by atoms with van der Waals surface area (Å²) in [6.07, 6.45) is 0.699. The Morgan fingerprint density at radius 2 is 1.60 bits per heavy atom. The first-order chi connectivity index (χ1) is 9.75. The number of likely N-dealkylation sites (N-methyl/N-ethyl adjacent to an activating group) is 1. The zero-order chi connectivity index (χ0) is 13.9. The molecule has 1 saturated heterocycles. The first-order valence-electron chi connectivity index (χ1n) is 6.87. The van der Waals surface area contributed by atoms with E-state index in [4.69, 9.17) is 0 Å². The molecule has 0 spiro atoms. The van der Waals surface area contributed by atoms with Gasteiger partial charge in [-0.1, -0.05) is 60.7 Å². The molecule has 1 heterocycles. The standard InChI is InChI=1S/C17H18N2O/c1-19-16(14-10-6-3-7-11-14)18-15(17(19)20)12-13-8-4-2-5-9-13/h2-11,15-16,18H,12H2,1H3/t15-,16-/m1/s1. The minimum atomic E-state index is -0.146. The molecular formula is C17H18N2O. The molecule has 2 aromatic rings. The highest BCUT2D eigenvalue weighted by atomic mass is 16.2. The van der Waals surface area contributed by atoms with Crippen molar-refractivity contribution in [1.82, 2.24) is 10.2 Å². The van der Waals surface area contributed by atoms with Crippen molar-refractivity contribution in [3.05, 3.63) is 71.8 Å². The lowest BCUT2D eigenvalue weighted by Gasteiger charge is -2.19. The quantitative estimate of drug-likeness (QED) is 0.925. The van der Waals surface area contributed by atoms with Crippen molar-refractivity contribution in [3.63, 3.8) is 0 Å². The molecule has 1 amide bonds. The van der Waals surface area contributed by atoms with E-state index in [9.17, 15) is 4.79 Å². The van der Waals surface area contributed by atoms with E-state index in [1.54, 1.807) is 4.90 Å². The van der Waals surface area contributed by atoms with Crippen LogP contribution in [0.5, 0.6) is 0 Å². The van der Waals surface area contributed by atoms with Crippen LogP contribution in [0.25, 0.3) is 0 Å². The van der Waals surface area contributed by atoms with Crippen LogP contribution in [0.1, 0.15) is 17.3 Å². The maximum Gasteiger partial charge on any atom is 0.241 e. The molecule has 3 rings (SSSR count). The Morgan fingerprint density at radius 3 is 2.25 bits per heavy atom. The first-order valence-corrected chi connectivity index (χ1v) is 6.87. The molecule has 0 bridgehead atoms. The predicted molar refractivity (Wildman–Crippen MR) is 79.0 cm³/mol. The molecule has 0 radical (unpaired) electrons. The molecule has 0 aliphatic carbocycles. The van der Waals surface area contributed by atoms with E-state index in [0.717, 1.165) is 12.0 Å². The van der Waals surface area contributed by atoms with Crippen LogP contribution < -0.4 is 5.32 Å². The second-order valence-electron chi connectivity index (χ2n) is 5.17. The predicted octanol–water partition coefficient (Wildman–Crippen LogP) is 2.36. The lowest BCUT2D eigenvalue weighted by atomic mass is 10.1. The van der Waals surface area contributed by atoms with Gasteiger partial charge in [0.05, 0.1) is 6.04 Å². The Balaban J connectivity index is 1.77. The number of nitrogens with one attached hydrogen (secondary N) is 1. The summed E-state index contributed by atoms with van der Waals surface area (Å²) in [5.41, 5.74) is 2.30. The molecule has 0 saturated carbocycles. The monoisotopic (exact) mass is 266 g/mol. The van der Waals surface area contributed by atoms with E-state index in [-0.39, 0.29) is 18.1 Å². The van der Waals surface area contributed by atoms with Crippen LogP contribution in [-0.4, -0.2) is 23.9 Å². The normalized spacial score (nSPS) is 22.2. The van der Waals surface area contributed by atoms with Crippen molar-refractivity contribution in [2.24, 2.45) is 0 Å². The fourth-order valence-corrected chi connectivity index (χ4v) is 2.70. The maximum absolute atomic E-state index is 12.4. The Labute approximate surface area is 119 Å². The summed E-state index contributed by atoms with van der Waals surface area (Å²) in [7, 11) is 1.86. The third kappa shape index (κ3) is 2.45. The zero-order valence-electron chi connectivity index (χ0n) is 11.5. The summed E-state index contributed by atoms with van der Waals surface area (Å²) in [6, 6.07) is 20.1. The van der Waals surface area contributed by atoms with E-state index < -0.39 is 0 Å². The Morgan fingerprint density at radius 1 is 1.00 bits per heavy atom. The number of carbonyl (C=O) groups excluding carboxylic acids is 1. The number of hydrogen-bond donors (Lipinski definition) is 1. The van der Waals surface area contributed by atoms with E-state index in [0.29, 0.717) is 0 Å². The minimum absolute atomic E-state index is 0.0302. The van der Waals surface area contributed by atoms with Crippen LogP contribution >= 0.6 is 0 Å². The number of amides is 1. The minimum Gasteiger partial charge on any atom is -0.325 e. The van der Waals surface area contributed by atoms with Gasteiger partial charge in [-0.3, -0.25) is 10.1 Å². The van der Waals surface area contributed by atoms with Gasteiger partial charge >= 0.3 is 0 Å². The largest absolute Gasteiger partial charge is 0.325 e. The van der Waals surface area contributed by atoms with Crippen LogP contribution in [0.3, 0.4) is 0 Å². The highest BCUT2D eigenvalue weighted by Crippen LogP contribution is 2.24. The molecule has 1 N–H and O–H groups in total. The lowest BCUT2D eigenvalue weighted by Crippen LogP contribution is -2.31. The fraction of sp³-hybridized carbons (Fsp3) is 0.235. The SMILES string of the molecule is CN1C(=O)[C@@H](Cc2ccccc2)N[C@H]1c1ccccc1. The van der Waals surface area contributed by atoms with E-state index in [2.05, 4.69) is 17.4 Å². The van der Waals surface area contributed by atoms with Crippen molar-refractivity contribution in [2.45, 2.75) is 18.6 Å². The van der Waals surface area contributed by atoms with Gasteiger partial charge in [0.15, 0.2) is 0 Å². The van der Waals surface area contributed by atoms with Gasteiger partial charge in [0.1, 0.15) is 6.17 Å². The van der Waals surface area contributed by atoms with E-state index in [1.165, 1.54) is 5.56 Å². The molecule has 1 aliphatic rings. The van der Waals surface area contributed by atoms with E-state index >= 15 is 0 Å². The summed E-state index contributed by atoms with van der Waals surface area (Å²) < 4.78 is 0. The topological polar surface area (TPSA) is 32.3 Å².